The highest BCUT2D eigenvalue weighted by Crippen LogP contribution is 2.35. The summed E-state index contributed by atoms with van der Waals surface area (Å²) in [5.74, 6) is -0.488. The van der Waals surface area contributed by atoms with Crippen LogP contribution in [-0.4, -0.2) is 47.9 Å². The van der Waals surface area contributed by atoms with Gasteiger partial charge >= 0.3 is 12.1 Å². The third-order valence-electron chi connectivity index (χ3n) is 3.13. The van der Waals surface area contributed by atoms with Crippen LogP contribution in [0.2, 0.25) is 0 Å². The third-order valence-corrected chi connectivity index (χ3v) is 4.30. The summed E-state index contributed by atoms with van der Waals surface area (Å²) in [5, 5.41) is 9.49. The second-order valence-corrected chi connectivity index (χ2v) is 7.95. The minimum absolute atomic E-state index is 0.131. The molecule has 0 spiro atoms. The molecule has 0 heterocycles. The Kier molecular flexibility index (Phi) is 7.10. The number of amides is 1. The fourth-order valence-electron chi connectivity index (χ4n) is 2.00. The highest BCUT2D eigenvalue weighted by Gasteiger charge is 2.30. The Labute approximate surface area is 158 Å². The highest BCUT2D eigenvalue weighted by molar-refractivity contribution is 9.11. The van der Waals surface area contributed by atoms with Gasteiger partial charge in [-0.3, -0.25) is 4.90 Å². The summed E-state index contributed by atoms with van der Waals surface area (Å²) in [5.41, 5.74) is 0.0398. The molecule has 8 heteroatoms. The SMILES string of the molecule is COc1c(Br)cc(C[C@@H](C(=O)O)N(C)C(=O)OC(C)(C)C)cc1Br. The van der Waals surface area contributed by atoms with Gasteiger partial charge in [0.15, 0.2) is 0 Å². The van der Waals surface area contributed by atoms with Gasteiger partial charge in [-0.05, 0) is 70.3 Å². The number of carbonyl (C=O) groups is 2. The lowest BCUT2D eigenvalue weighted by Crippen LogP contribution is -2.46. The van der Waals surface area contributed by atoms with Crippen LogP contribution in [0.15, 0.2) is 21.1 Å². The van der Waals surface area contributed by atoms with Gasteiger partial charge in [-0.25, -0.2) is 9.59 Å². The van der Waals surface area contributed by atoms with Crippen molar-refractivity contribution in [2.75, 3.05) is 14.2 Å². The van der Waals surface area contributed by atoms with Crippen molar-refractivity contribution >= 4 is 43.9 Å². The molecule has 1 amide bonds. The lowest BCUT2D eigenvalue weighted by Gasteiger charge is -2.28. The molecule has 0 aromatic heterocycles. The third kappa shape index (κ3) is 5.66. The van der Waals surface area contributed by atoms with Crippen LogP contribution in [0.1, 0.15) is 26.3 Å². The maximum atomic E-state index is 12.1. The van der Waals surface area contributed by atoms with E-state index in [4.69, 9.17) is 9.47 Å². The molecule has 1 atom stereocenters. The van der Waals surface area contributed by atoms with Crippen molar-refractivity contribution in [2.24, 2.45) is 0 Å². The smallest absolute Gasteiger partial charge is 0.410 e. The van der Waals surface area contributed by atoms with Gasteiger partial charge in [-0.1, -0.05) is 0 Å². The average Bonchev–Trinajstić information content (AvgIpc) is 2.41. The van der Waals surface area contributed by atoms with Gasteiger partial charge in [0, 0.05) is 13.5 Å². The van der Waals surface area contributed by atoms with E-state index >= 15 is 0 Å². The van der Waals surface area contributed by atoms with Crippen molar-refractivity contribution in [3.63, 3.8) is 0 Å². The first-order valence-corrected chi connectivity index (χ1v) is 8.75. The Hall–Kier alpha value is -1.28. The summed E-state index contributed by atoms with van der Waals surface area (Å²) in [4.78, 5) is 24.8. The maximum Gasteiger partial charge on any atom is 0.410 e. The van der Waals surface area contributed by atoms with Crippen LogP contribution in [0.5, 0.6) is 5.75 Å². The number of carboxylic acid groups (broad SMARTS) is 1. The molecule has 0 unspecified atom stereocenters. The van der Waals surface area contributed by atoms with Crippen molar-refractivity contribution in [1.29, 1.82) is 0 Å². The van der Waals surface area contributed by atoms with Crippen molar-refractivity contribution in [1.82, 2.24) is 4.90 Å². The van der Waals surface area contributed by atoms with Gasteiger partial charge in [0.25, 0.3) is 0 Å². The fourth-order valence-corrected chi connectivity index (χ4v) is 3.60. The van der Waals surface area contributed by atoms with E-state index in [1.165, 1.54) is 7.05 Å². The molecule has 1 N–H and O–H groups in total. The molecular formula is C16H21Br2NO5. The maximum absolute atomic E-state index is 12.1. The van der Waals surface area contributed by atoms with E-state index in [0.717, 1.165) is 10.5 Å². The van der Waals surface area contributed by atoms with E-state index in [9.17, 15) is 14.7 Å². The number of hydrogen-bond acceptors (Lipinski definition) is 4. The number of carboxylic acids is 1. The fraction of sp³-hybridized carbons (Fsp3) is 0.500. The standard InChI is InChI=1S/C16H21Br2NO5/c1-16(2,3)24-15(22)19(4)12(14(20)21)8-9-6-10(17)13(23-5)11(18)7-9/h6-7,12H,8H2,1-5H3,(H,20,21)/t12-/m0/s1. The number of likely N-dealkylation sites (N-methyl/N-ethyl adjacent to an activating group) is 1. The number of halogens is 2. The number of benzene rings is 1. The van der Waals surface area contributed by atoms with Gasteiger partial charge < -0.3 is 14.6 Å². The van der Waals surface area contributed by atoms with Gasteiger partial charge in [-0.2, -0.15) is 0 Å². The van der Waals surface area contributed by atoms with Crippen LogP contribution in [0, 0.1) is 0 Å². The monoisotopic (exact) mass is 465 g/mol. The normalized spacial score (nSPS) is 12.5. The van der Waals surface area contributed by atoms with E-state index in [0.29, 0.717) is 14.7 Å². The van der Waals surface area contributed by atoms with E-state index < -0.39 is 23.7 Å². The highest BCUT2D eigenvalue weighted by atomic mass is 79.9. The van der Waals surface area contributed by atoms with Crippen molar-refractivity contribution in [2.45, 2.75) is 38.8 Å². The number of ether oxygens (including phenoxy) is 2. The lowest BCUT2D eigenvalue weighted by atomic mass is 10.0. The second-order valence-electron chi connectivity index (χ2n) is 6.24. The van der Waals surface area contributed by atoms with E-state index in [1.807, 2.05) is 0 Å². The Morgan fingerprint density at radius 1 is 1.25 bits per heavy atom. The molecule has 0 aliphatic carbocycles. The number of aliphatic carboxylic acids is 1. The Bertz CT molecular complexity index is 604. The predicted octanol–water partition coefficient (Wildman–Crippen LogP) is 4.08. The van der Waals surface area contributed by atoms with Crippen molar-refractivity contribution in [3.05, 3.63) is 26.6 Å². The molecule has 134 valence electrons. The quantitative estimate of drug-likeness (QED) is 0.707. The molecule has 1 rings (SSSR count). The predicted molar refractivity (Wildman–Crippen MR) is 97.5 cm³/mol. The van der Waals surface area contributed by atoms with E-state index in [2.05, 4.69) is 31.9 Å². The molecule has 1 aromatic carbocycles. The Balaban J connectivity index is 3.02. The van der Waals surface area contributed by atoms with Crippen LogP contribution in [0.4, 0.5) is 4.79 Å². The molecule has 1 aromatic rings. The minimum atomic E-state index is -1.11. The van der Waals surface area contributed by atoms with Crippen LogP contribution in [0.3, 0.4) is 0 Å². The molecule has 0 fully saturated rings. The zero-order valence-electron chi connectivity index (χ0n) is 14.2. The summed E-state index contributed by atoms with van der Waals surface area (Å²) in [6.45, 7) is 5.19. The molecule has 0 radical (unpaired) electrons. The topological polar surface area (TPSA) is 76.1 Å². The number of hydrogen-bond donors (Lipinski definition) is 1. The molecule has 0 aliphatic heterocycles. The molecule has 0 aliphatic rings. The largest absolute Gasteiger partial charge is 0.494 e. The Morgan fingerprint density at radius 3 is 2.12 bits per heavy atom. The van der Waals surface area contributed by atoms with Crippen LogP contribution >= 0.6 is 31.9 Å². The molecule has 6 nitrogen and oxygen atoms in total. The minimum Gasteiger partial charge on any atom is -0.494 e. The molecule has 0 saturated heterocycles. The second kappa shape index (κ2) is 8.20. The van der Waals surface area contributed by atoms with Crippen molar-refractivity contribution < 1.29 is 24.2 Å². The molecule has 24 heavy (non-hydrogen) atoms. The van der Waals surface area contributed by atoms with Crippen LogP contribution in [0.25, 0.3) is 0 Å². The van der Waals surface area contributed by atoms with Gasteiger partial charge in [0.2, 0.25) is 0 Å². The zero-order chi connectivity index (χ0) is 18.7. The lowest BCUT2D eigenvalue weighted by molar-refractivity contribution is -0.142. The first-order chi connectivity index (χ1) is 11.0. The first-order valence-electron chi connectivity index (χ1n) is 7.16. The number of carbonyl (C=O) groups excluding carboxylic acids is 1. The van der Waals surface area contributed by atoms with Gasteiger partial charge in [0.1, 0.15) is 17.4 Å². The summed E-state index contributed by atoms with van der Waals surface area (Å²) in [7, 11) is 2.96. The number of nitrogens with zero attached hydrogens (tertiary/aromatic N) is 1. The Morgan fingerprint density at radius 2 is 1.75 bits per heavy atom. The molecular weight excluding hydrogens is 446 g/mol. The van der Waals surface area contributed by atoms with E-state index in [-0.39, 0.29) is 6.42 Å². The molecule has 0 saturated carbocycles. The van der Waals surface area contributed by atoms with Gasteiger partial charge in [0.05, 0.1) is 16.1 Å². The zero-order valence-corrected chi connectivity index (χ0v) is 17.4. The number of rotatable bonds is 5. The van der Waals surface area contributed by atoms with Gasteiger partial charge in [-0.15, -0.1) is 0 Å². The number of methoxy groups -OCH3 is 1. The first kappa shape index (κ1) is 20.8. The average molecular weight is 467 g/mol. The van der Waals surface area contributed by atoms with E-state index in [1.54, 1.807) is 40.0 Å². The summed E-state index contributed by atoms with van der Waals surface area (Å²) in [6, 6.07) is 2.48. The van der Waals surface area contributed by atoms with Crippen LogP contribution < -0.4 is 4.74 Å². The summed E-state index contributed by atoms with van der Waals surface area (Å²) in [6.07, 6.45) is -0.548. The van der Waals surface area contributed by atoms with Crippen molar-refractivity contribution in [3.8, 4) is 5.75 Å². The summed E-state index contributed by atoms with van der Waals surface area (Å²) < 4.78 is 11.9. The van der Waals surface area contributed by atoms with Crippen LogP contribution in [-0.2, 0) is 16.0 Å². The molecule has 0 bridgehead atoms. The summed E-state index contributed by atoms with van der Waals surface area (Å²) >= 11 is 6.77.